The SMILES string of the molecule is O=C(/C=C/c1ccc(F)cc1)Nc1ccc(Oc2cccc(Cl)c2)cc1. The highest BCUT2D eigenvalue weighted by Crippen LogP contribution is 2.25. The molecule has 0 saturated carbocycles. The molecule has 3 rings (SSSR count). The van der Waals surface area contributed by atoms with Crippen LogP contribution in [0.15, 0.2) is 78.9 Å². The maximum absolute atomic E-state index is 12.8. The lowest BCUT2D eigenvalue weighted by Crippen LogP contribution is -2.07. The molecule has 0 atom stereocenters. The maximum Gasteiger partial charge on any atom is 0.248 e. The molecule has 3 aromatic carbocycles. The third-order valence-electron chi connectivity index (χ3n) is 3.45. The fourth-order valence-corrected chi connectivity index (χ4v) is 2.38. The second kappa shape index (κ2) is 8.32. The van der Waals surface area contributed by atoms with Gasteiger partial charge in [-0.15, -0.1) is 0 Å². The highest BCUT2D eigenvalue weighted by atomic mass is 35.5. The topological polar surface area (TPSA) is 38.3 Å². The number of hydrogen-bond donors (Lipinski definition) is 1. The van der Waals surface area contributed by atoms with Crippen molar-refractivity contribution in [2.45, 2.75) is 0 Å². The van der Waals surface area contributed by atoms with Crippen LogP contribution in [0.2, 0.25) is 5.02 Å². The zero-order valence-corrected chi connectivity index (χ0v) is 14.4. The van der Waals surface area contributed by atoms with Crippen LogP contribution < -0.4 is 10.1 Å². The number of halogens is 2. The number of benzene rings is 3. The Balaban J connectivity index is 1.58. The Morgan fingerprint density at radius 3 is 2.38 bits per heavy atom. The fraction of sp³-hybridized carbons (Fsp3) is 0. The van der Waals surface area contributed by atoms with Gasteiger partial charge in [-0.25, -0.2) is 4.39 Å². The second-order valence-electron chi connectivity index (χ2n) is 5.46. The van der Waals surface area contributed by atoms with Crippen LogP contribution in [-0.4, -0.2) is 5.91 Å². The van der Waals surface area contributed by atoms with E-state index in [0.29, 0.717) is 22.2 Å². The first-order valence-corrected chi connectivity index (χ1v) is 8.24. The van der Waals surface area contributed by atoms with E-state index in [1.807, 2.05) is 6.07 Å². The Bertz CT molecular complexity index is 922. The van der Waals surface area contributed by atoms with Crippen LogP contribution in [-0.2, 0) is 4.79 Å². The van der Waals surface area contributed by atoms with Gasteiger partial charge in [0.1, 0.15) is 17.3 Å². The lowest BCUT2D eigenvalue weighted by atomic mass is 10.2. The first-order valence-electron chi connectivity index (χ1n) is 7.87. The van der Waals surface area contributed by atoms with Crippen LogP contribution in [0.3, 0.4) is 0 Å². The molecule has 26 heavy (non-hydrogen) atoms. The van der Waals surface area contributed by atoms with Crippen molar-refractivity contribution < 1.29 is 13.9 Å². The molecule has 0 aromatic heterocycles. The van der Waals surface area contributed by atoms with Gasteiger partial charge in [-0.3, -0.25) is 4.79 Å². The molecule has 0 aliphatic heterocycles. The normalized spacial score (nSPS) is 10.7. The molecule has 3 nitrogen and oxygen atoms in total. The molecule has 130 valence electrons. The Hall–Kier alpha value is -3.11. The lowest BCUT2D eigenvalue weighted by Gasteiger charge is -2.07. The van der Waals surface area contributed by atoms with E-state index < -0.39 is 0 Å². The smallest absolute Gasteiger partial charge is 0.248 e. The van der Waals surface area contributed by atoms with Gasteiger partial charge in [0.05, 0.1) is 0 Å². The molecule has 0 aliphatic carbocycles. The number of rotatable bonds is 5. The minimum Gasteiger partial charge on any atom is -0.457 e. The monoisotopic (exact) mass is 367 g/mol. The lowest BCUT2D eigenvalue weighted by molar-refractivity contribution is -0.111. The van der Waals surface area contributed by atoms with Gasteiger partial charge < -0.3 is 10.1 Å². The summed E-state index contributed by atoms with van der Waals surface area (Å²) < 4.78 is 18.5. The number of carbonyl (C=O) groups is 1. The molecule has 3 aromatic rings. The van der Waals surface area contributed by atoms with Gasteiger partial charge in [0, 0.05) is 16.8 Å². The summed E-state index contributed by atoms with van der Waals surface area (Å²) in [6, 6.07) is 20.0. The molecule has 0 heterocycles. The summed E-state index contributed by atoms with van der Waals surface area (Å²) in [6.07, 6.45) is 3.01. The summed E-state index contributed by atoms with van der Waals surface area (Å²) in [5.74, 6) is 0.674. The molecule has 1 amide bonds. The Morgan fingerprint density at radius 2 is 1.69 bits per heavy atom. The molecule has 0 bridgehead atoms. The summed E-state index contributed by atoms with van der Waals surface area (Å²) in [7, 11) is 0. The number of carbonyl (C=O) groups excluding carboxylic acids is 1. The zero-order valence-electron chi connectivity index (χ0n) is 13.7. The van der Waals surface area contributed by atoms with Crippen molar-refractivity contribution in [3.63, 3.8) is 0 Å². The van der Waals surface area contributed by atoms with Gasteiger partial charge in [0.15, 0.2) is 0 Å². The molecular weight excluding hydrogens is 353 g/mol. The van der Waals surface area contributed by atoms with Gasteiger partial charge >= 0.3 is 0 Å². The predicted molar refractivity (Wildman–Crippen MR) is 102 cm³/mol. The number of hydrogen-bond acceptors (Lipinski definition) is 2. The van der Waals surface area contributed by atoms with Crippen LogP contribution in [0.1, 0.15) is 5.56 Å². The van der Waals surface area contributed by atoms with Crippen molar-refractivity contribution in [1.29, 1.82) is 0 Å². The molecular formula is C21H15ClFNO2. The van der Waals surface area contributed by atoms with Crippen LogP contribution in [0, 0.1) is 5.82 Å². The number of amides is 1. The molecule has 0 spiro atoms. The standard InChI is InChI=1S/C21H15ClFNO2/c22-16-2-1-3-20(14-16)26-19-11-9-18(10-12-19)24-21(25)13-6-15-4-7-17(23)8-5-15/h1-14H,(H,24,25)/b13-6+. The summed E-state index contributed by atoms with van der Waals surface area (Å²) in [5, 5.41) is 3.34. The third kappa shape index (κ3) is 5.19. The minimum atomic E-state index is -0.313. The quantitative estimate of drug-likeness (QED) is 0.568. The van der Waals surface area contributed by atoms with E-state index in [4.69, 9.17) is 16.3 Å². The van der Waals surface area contributed by atoms with Crippen LogP contribution >= 0.6 is 11.6 Å². The van der Waals surface area contributed by atoms with E-state index in [1.165, 1.54) is 18.2 Å². The van der Waals surface area contributed by atoms with Crippen molar-refractivity contribution in [2.24, 2.45) is 0 Å². The van der Waals surface area contributed by atoms with Crippen molar-refractivity contribution in [3.8, 4) is 11.5 Å². The molecule has 0 aliphatic rings. The van der Waals surface area contributed by atoms with E-state index in [2.05, 4.69) is 5.32 Å². The summed E-state index contributed by atoms with van der Waals surface area (Å²) >= 11 is 5.92. The summed E-state index contributed by atoms with van der Waals surface area (Å²) in [5.41, 5.74) is 1.38. The number of anilines is 1. The van der Waals surface area contributed by atoms with E-state index in [1.54, 1.807) is 60.7 Å². The van der Waals surface area contributed by atoms with Crippen LogP contribution in [0.5, 0.6) is 11.5 Å². The number of ether oxygens (including phenoxy) is 1. The van der Waals surface area contributed by atoms with E-state index >= 15 is 0 Å². The molecule has 0 saturated heterocycles. The second-order valence-corrected chi connectivity index (χ2v) is 5.89. The average molecular weight is 368 g/mol. The molecule has 0 fully saturated rings. The molecule has 1 N–H and O–H groups in total. The molecule has 5 heteroatoms. The Kier molecular flexibility index (Phi) is 5.66. The van der Waals surface area contributed by atoms with Gasteiger partial charge in [0.2, 0.25) is 5.91 Å². The van der Waals surface area contributed by atoms with Crippen molar-refractivity contribution in [3.05, 3.63) is 95.3 Å². The zero-order chi connectivity index (χ0) is 18.4. The highest BCUT2D eigenvalue weighted by molar-refractivity contribution is 6.30. The van der Waals surface area contributed by atoms with E-state index in [-0.39, 0.29) is 11.7 Å². The first kappa shape index (κ1) is 17.7. The maximum atomic E-state index is 12.8. The summed E-state index contributed by atoms with van der Waals surface area (Å²) in [4.78, 5) is 11.9. The van der Waals surface area contributed by atoms with Crippen molar-refractivity contribution >= 4 is 29.3 Å². The number of nitrogens with one attached hydrogen (secondary N) is 1. The Labute approximate surface area is 155 Å². The van der Waals surface area contributed by atoms with E-state index in [0.717, 1.165) is 5.56 Å². The fourth-order valence-electron chi connectivity index (χ4n) is 2.20. The molecule has 0 radical (unpaired) electrons. The summed E-state index contributed by atoms with van der Waals surface area (Å²) in [6.45, 7) is 0. The average Bonchev–Trinajstić information content (AvgIpc) is 2.63. The largest absolute Gasteiger partial charge is 0.457 e. The van der Waals surface area contributed by atoms with Gasteiger partial charge in [0.25, 0.3) is 0 Å². The van der Waals surface area contributed by atoms with E-state index in [9.17, 15) is 9.18 Å². The van der Waals surface area contributed by atoms with Crippen LogP contribution in [0.4, 0.5) is 10.1 Å². The minimum absolute atomic E-state index is 0.280. The Morgan fingerprint density at radius 1 is 0.962 bits per heavy atom. The first-order chi connectivity index (χ1) is 12.6. The molecule has 0 unspecified atom stereocenters. The van der Waals surface area contributed by atoms with Crippen molar-refractivity contribution in [1.82, 2.24) is 0 Å². The highest BCUT2D eigenvalue weighted by Gasteiger charge is 2.01. The van der Waals surface area contributed by atoms with Gasteiger partial charge in [-0.05, 0) is 66.2 Å². The van der Waals surface area contributed by atoms with Gasteiger partial charge in [-0.1, -0.05) is 29.8 Å². The predicted octanol–water partition coefficient (Wildman–Crippen LogP) is 5.92. The van der Waals surface area contributed by atoms with Crippen molar-refractivity contribution in [2.75, 3.05) is 5.32 Å². The third-order valence-corrected chi connectivity index (χ3v) is 3.69. The van der Waals surface area contributed by atoms with Crippen LogP contribution in [0.25, 0.3) is 6.08 Å². The van der Waals surface area contributed by atoms with Gasteiger partial charge in [-0.2, -0.15) is 0 Å².